The predicted molar refractivity (Wildman–Crippen MR) is 287 cm³/mol. The van der Waals surface area contributed by atoms with Gasteiger partial charge in [-0.1, -0.05) is 121 Å². The minimum Gasteiger partial charge on any atom is -0.489 e. The number of nitrogens with one attached hydrogen (secondary N) is 7. The maximum atomic E-state index is 15.3. The van der Waals surface area contributed by atoms with E-state index in [4.69, 9.17) is 15.2 Å². The van der Waals surface area contributed by atoms with E-state index in [1.807, 2.05) is 60.7 Å². The Morgan fingerprint density at radius 2 is 1.21 bits per heavy atom. The van der Waals surface area contributed by atoms with Crippen molar-refractivity contribution in [2.24, 2.45) is 5.73 Å². The van der Waals surface area contributed by atoms with Crippen molar-refractivity contribution in [2.75, 3.05) is 26.2 Å². The van der Waals surface area contributed by atoms with Gasteiger partial charge in [-0.25, -0.2) is 4.79 Å². The van der Waals surface area contributed by atoms with E-state index < -0.39 is 83.9 Å². The Balaban J connectivity index is 1.19. The standard InChI is InChI=1S/C58H66N10O9/c59-27-13-12-22-46-52(69)64-47(30-38-23-25-42(26-24-38)76-36-39-16-6-2-7-17-39)53(70)66-49(31-37-14-4-1-5-15-37)57(74)68-35-43(77-58(75)61-29-28-60)33-50(68)55(72)67-51(40-18-8-3-9-19-40)56(73)65-48(54(71)63-46)32-41-34-62-45-21-11-10-20-44(41)45/h1-11,14-21,23-26,34,43,46-51,62H,12-13,22,27-33,35-36,59-60H2,(H,61,75)(H,63,71)(H,64,69)(H,65,73)(H,66,70)(H,67,72)/p+1. The summed E-state index contributed by atoms with van der Waals surface area (Å²) in [5.41, 5.74) is 13.7. The summed E-state index contributed by atoms with van der Waals surface area (Å²) in [5.74, 6) is -3.69. The average Bonchev–Trinajstić information content (AvgIpc) is 4.07. The summed E-state index contributed by atoms with van der Waals surface area (Å²) in [6.07, 6.45) is 0.909. The number of alkyl carbamates (subject to hydrolysis) is 1. The molecule has 0 radical (unpaired) electrons. The SMILES string of the molecule is NCCNC(=O)OC1CC2C(=O)NC(c3ccccc3)C(=O)NC(Cc3c[nH]c4ccccc34)C(=O)NC(CCCC[NH3+])C(=O)NC(Cc3ccc(OCc4ccccc4)cc3)C(=O)NC(Cc3ccccc3)C(=O)N2C1. The van der Waals surface area contributed by atoms with Crippen molar-refractivity contribution in [1.82, 2.24) is 41.8 Å². The van der Waals surface area contributed by atoms with Gasteiger partial charge in [0.1, 0.15) is 54.7 Å². The molecular weight excluding hydrogens is 981 g/mol. The lowest BCUT2D eigenvalue weighted by atomic mass is 9.99. The maximum Gasteiger partial charge on any atom is 0.407 e. The van der Waals surface area contributed by atoms with E-state index in [1.54, 1.807) is 85.1 Å². The Morgan fingerprint density at radius 3 is 1.91 bits per heavy atom. The van der Waals surface area contributed by atoms with Crippen molar-refractivity contribution >= 4 is 52.4 Å². The lowest BCUT2D eigenvalue weighted by Crippen LogP contribution is -2.61. The van der Waals surface area contributed by atoms with Crippen LogP contribution in [0.5, 0.6) is 5.75 Å². The monoisotopic (exact) mass is 1050 g/mol. The molecule has 402 valence electrons. The second-order valence-electron chi connectivity index (χ2n) is 19.3. The van der Waals surface area contributed by atoms with E-state index in [2.05, 4.69) is 42.6 Å². The van der Waals surface area contributed by atoms with Crippen LogP contribution in [-0.4, -0.2) is 114 Å². The Morgan fingerprint density at radius 1 is 0.623 bits per heavy atom. The van der Waals surface area contributed by atoms with Crippen LogP contribution in [0.3, 0.4) is 0 Å². The zero-order valence-corrected chi connectivity index (χ0v) is 42.8. The molecule has 7 amide bonds. The number of para-hydroxylation sites is 1. The first-order valence-electron chi connectivity index (χ1n) is 26.1. The van der Waals surface area contributed by atoms with E-state index in [0.717, 1.165) is 16.5 Å². The number of amides is 7. The molecule has 8 rings (SSSR count). The highest BCUT2D eigenvalue weighted by atomic mass is 16.6. The van der Waals surface area contributed by atoms with Crippen molar-refractivity contribution in [3.63, 3.8) is 0 Å². The molecule has 7 atom stereocenters. The number of benzene rings is 5. The van der Waals surface area contributed by atoms with E-state index in [1.165, 1.54) is 4.90 Å². The van der Waals surface area contributed by atoms with E-state index in [9.17, 15) is 24.0 Å². The fraction of sp³-hybridized carbons (Fsp3) is 0.328. The number of rotatable bonds is 17. The van der Waals surface area contributed by atoms with Gasteiger partial charge >= 0.3 is 6.09 Å². The number of carbonyl (C=O) groups excluding carboxylic acids is 7. The summed E-state index contributed by atoms with van der Waals surface area (Å²) in [4.78, 5) is 107. The lowest BCUT2D eigenvalue weighted by Gasteiger charge is -2.32. The summed E-state index contributed by atoms with van der Waals surface area (Å²) in [6.45, 7) is 0.880. The molecule has 7 unspecified atom stereocenters. The molecule has 0 aliphatic carbocycles. The van der Waals surface area contributed by atoms with Crippen LogP contribution < -0.4 is 48.1 Å². The van der Waals surface area contributed by atoms with E-state index >= 15 is 9.59 Å². The number of unbranched alkanes of at least 4 members (excludes halogenated alkanes) is 1. The summed E-state index contributed by atoms with van der Waals surface area (Å²) < 4.78 is 11.8. The highest BCUT2D eigenvalue weighted by Crippen LogP contribution is 2.26. The van der Waals surface area contributed by atoms with Crippen molar-refractivity contribution < 1.29 is 48.8 Å². The minimum atomic E-state index is -1.41. The molecular formula is C58H67N10O9+. The number of H-pyrrole nitrogens is 1. The molecule has 2 saturated heterocycles. The number of nitrogens with two attached hydrogens (primary N) is 1. The van der Waals surface area contributed by atoms with E-state index in [0.29, 0.717) is 54.0 Å². The van der Waals surface area contributed by atoms with Gasteiger partial charge in [0.05, 0.1) is 13.1 Å². The first-order valence-corrected chi connectivity index (χ1v) is 26.1. The quantitative estimate of drug-likeness (QED) is 0.0603. The molecule has 6 aromatic rings. The first kappa shape index (κ1) is 54.7. The molecule has 5 aromatic carbocycles. The molecule has 77 heavy (non-hydrogen) atoms. The number of quaternary nitrogens is 1. The van der Waals surface area contributed by atoms with Crippen LogP contribution in [0.15, 0.2) is 146 Å². The zero-order valence-electron chi connectivity index (χ0n) is 42.8. The normalized spacial score (nSPS) is 21.6. The van der Waals surface area contributed by atoms with Gasteiger partial charge < -0.3 is 62.7 Å². The third-order valence-electron chi connectivity index (χ3n) is 13.7. The zero-order chi connectivity index (χ0) is 54.1. The number of aromatic amines is 1. The molecule has 3 heterocycles. The molecule has 19 nitrogen and oxygen atoms in total. The average molecular weight is 1050 g/mol. The number of carbonyl (C=O) groups is 7. The third kappa shape index (κ3) is 14.9. The van der Waals surface area contributed by atoms with Gasteiger partial charge in [0.15, 0.2) is 0 Å². The van der Waals surface area contributed by atoms with Crippen molar-refractivity contribution in [3.05, 3.63) is 174 Å². The second-order valence-corrected chi connectivity index (χ2v) is 19.3. The maximum absolute atomic E-state index is 15.3. The minimum absolute atomic E-state index is 0.0285. The van der Waals surface area contributed by atoms with Crippen molar-refractivity contribution in [2.45, 2.75) is 93.9 Å². The second kappa shape index (κ2) is 26.8. The smallest absolute Gasteiger partial charge is 0.407 e. The Bertz CT molecular complexity index is 2960. The van der Waals surface area contributed by atoms with Crippen LogP contribution in [-0.2, 0) is 59.4 Å². The molecule has 0 saturated carbocycles. The molecule has 2 aliphatic heterocycles. The summed E-state index contributed by atoms with van der Waals surface area (Å²) in [5, 5.41) is 17.9. The highest BCUT2D eigenvalue weighted by Gasteiger charge is 2.45. The topological polar surface area (TPSA) is 283 Å². The summed E-state index contributed by atoms with van der Waals surface area (Å²) in [6, 6.07) is 33.8. The number of hydrogen-bond donors (Lipinski definition) is 9. The van der Waals surface area contributed by atoms with Gasteiger partial charge in [0.25, 0.3) is 0 Å². The molecule has 2 aliphatic rings. The Hall–Kier alpha value is -8.55. The van der Waals surface area contributed by atoms with Crippen LogP contribution >= 0.6 is 0 Å². The van der Waals surface area contributed by atoms with Gasteiger partial charge in [-0.05, 0) is 65.3 Å². The third-order valence-corrected chi connectivity index (χ3v) is 13.7. The van der Waals surface area contributed by atoms with Gasteiger partial charge in [0, 0.05) is 55.9 Å². The lowest BCUT2D eigenvalue weighted by molar-refractivity contribution is -0.368. The molecule has 12 N–H and O–H groups in total. The Kier molecular flexibility index (Phi) is 19.0. The number of nitrogens with zero attached hydrogens (tertiary/aromatic N) is 1. The fourth-order valence-corrected chi connectivity index (χ4v) is 9.68. The molecule has 2 fully saturated rings. The van der Waals surface area contributed by atoms with Crippen molar-refractivity contribution in [1.29, 1.82) is 0 Å². The molecule has 0 bridgehead atoms. The molecule has 1 aromatic heterocycles. The van der Waals surface area contributed by atoms with Crippen molar-refractivity contribution in [3.8, 4) is 5.75 Å². The molecule has 19 heteroatoms. The van der Waals surface area contributed by atoms with Gasteiger partial charge in [-0.2, -0.15) is 0 Å². The van der Waals surface area contributed by atoms with Crippen LogP contribution in [0.1, 0.15) is 59.5 Å². The van der Waals surface area contributed by atoms with Gasteiger partial charge in [-0.15, -0.1) is 0 Å². The highest BCUT2D eigenvalue weighted by molar-refractivity contribution is 5.99. The van der Waals surface area contributed by atoms with Gasteiger partial charge in [0.2, 0.25) is 35.4 Å². The first-order chi connectivity index (χ1) is 37.5. The number of ether oxygens (including phenoxy) is 2. The summed E-state index contributed by atoms with van der Waals surface area (Å²) >= 11 is 0. The van der Waals surface area contributed by atoms with E-state index in [-0.39, 0.29) is 51.7 Å². The Labute approximate surface area is 446 Å². The van der Waals surface area contributed by atoms with Crippen LogP contribution in [0.25, 0.3) is 10.9 Å². The number of aromatic nitrogens is 1. The largest absolute Gasteiger partial charge is 0.489 e. The fourth-order valence-electron chi connectivity index (χ4n) is 9.68. The van der Waals surface area contributed by atoms with Crippen LogP contribution in [0.2, 0.25) is 0 Å². The van der Waals surface area contributed by atoms with Crippen LogP contribution in [0, 0.1) is 0 Å². The number of hydrogen-bond acceptors (Lipinski definition) is 10. The van der Waals surface area contributed by atoms with Gasteiger partial charge in [-0.3, -0.25) is 28.8 Å². The summed E-state index contributed by atoms with van der Waals surface area (Å²) in [7, 11) is 0. The van der Waals surface area contributed by atoms with Crippen LogP contribution in [0.4, 0.5) is 4.79 Å². The number of fused-ring (bicyclic) bond motifs is 2. The predicted octanol–water partition coefficient (Wildman–Crippen LogP) is 2.65. The molecule has 0 spiro atoms.